The van der Waals surface area contributed by atoms with Gasteiger partial charge in [-0.3, -0.25) is 4.90 Å². The Kier molecular flexibility index (Phi) is 3.69. The third-order valence-corrected chi connectivity index (χ3v) is 3.81. The van der Waals surface area contributed by atoms with Crippen LogP contribution >= 0.6 is 0 Å². The van der Waals surface area contributed by atoms with Crippen LogP contribution in [0, 0.1) is 5.82 Å². The van der Waals surface area contributed by atoms with E-state index < -0.39 is 0 Å². The Morgan fingerprint density at radius 3 is 2.70 bits per heavy atom. The Hall–Kier alpha value is -1.88. The molecule has 2 N–H and O–H groups in total. The predicted octanol–water partition coefficient (Wildman–Crippen LogP) is 3.05. The van der Waals surface area contributed by atoms with Crippen LogP contribution in [0.1, 0.15) is 24.8 Å². The van der Waals surface area contributed by atoms with Gasteiger partial charge in [0.05, 0.1) is 11.8 Å². The number of anilines is 1. The van der Waals surface area contributed by atoms with Crippen LogP contribution in [0.4, 0.5) is 10.3 Å². The average Bonchev–Trinajstić information content (AvgIpc) is 2.88. The maximum Gasteiger partial charge on any atom is 0.229 e. The molecule has 1 aliphatic rings. The van der Waals surface area contributed by atoms with Crippen molar-refractivity contribution in [2.75, 3.05) is 18.8 Å². The third kappa shape index (κ3) is 2.67. The van der Waals surface area contributed by atoms with E-state index >= 15 is 0 Å². The zero-order valence-corrected chi connectivity index (χ0v) is 11.3. The molecule has 5 heteroatoms. The number of nitrogen functional groups attached to an aromatic ring is 1. The predicted molar refractivity (Wildman–Crippen MR) is 75.4 cm³/mol. The number of halogens is 1. The molecule has 20 heavy (non-hydrogen) atoms. The maximum absolute atomic E-state index is 14.2. The van der Waals surface area contributed by atoms with Gasteiger partial charge in [-0.25, -0.2) is 4.39 Å². The summed E-state index contributed by atoms with van der Waals surface area (Å²) in [5, 5.41) is 3.61. The molecule has 1 fully saturated rings. The van der Waals surface area contributed by atoms with Crippen LogP contribution in [0.3, 0.4) is 0 Å². The van der Waals surface area contributed by atoms with Crippen LogP contribution in [0.15, 0.2) is 28.9 Å². The van der Waals surface area contributed by atoms with E-state index in [0.29, 0.717) is 17.7 Å². The highest BCUT2D eigenvalue weighted by molar-refractivity contribution is 5.71. The number of hydrogen-bond acceptors (Lipinski definition) is 4. The smallest absolute Gasteiger partial charge is 0.229 e. The Morgan fingerprint density at radius 1 is 1.25 bits per heavy atom. The molecule has 3 rings (SSSR count). The third-order valence-electron chi connectivity index (χ3n) is 3.81. The highest BCUT2D eigenvalue weighted by atomic mass is 19.1. The minimum atomic E-state index is -0.200. The molecule has 1 aromatic heterocycles. The maximum atomic E-state index is 14.2. The monoisotopic (exact) mass is 275 g/mol. The number of piperidine rings is 1. The van der Waals surface area contributed by atoms with E-state index in [9.17, 15) is 4.39 Å². The van der Waals surface area contributed by atoms with Gasteiger partial charge < -0.3 is 10.3 Å². The van der Waals surface area contributed by atoms with Gasteiger partial charge in [-0.2, -0.15) is 0 Å². The van der Waals surface area contributed by atoms with Crippen molar-refractivity contribution in [3.05, 3.63) is 35.8 Å². The molecule has 0 saturated carbocycles. The molecule has 1 aliphatic heterocycles. The van der Waals surface area contributed by atoms with Crippen molar-refractivity contribution in [2.45, 2.75) is 25.8 Å². The second-order valence-electron chi connectivity index (χ2n) is 5.25. The number of hydrogen-bond donors (Lipinski definition) is 1. The highest BCUT2D eigenvalue weighted by Gasteiger charge is 2.14. The van der Waals surface area contributed by atoms with E-state index in [1.54, 1.807) is 0 Å². The molecule has 0 radical (unpaired) electrons. The lowest BCUT2D eigenvalue weighted by Gasteiger charge is -2.26. The van der Waals surface area contributed by atoms with Gasteiger partial charge in [-0.1, -0.05) is 23.7 Å². The zero-order chi connectivity index (χ0) is 13.9. The van der Waals surface area contributed by atoms with Gasteiger partial charge >= 0.3 is 0 Å². The fraction of sp³-hybridized carbons (Fsp3) is 0.400. The normalized spacial score (nSPS) is 16.4. The Morgan fingerprint density at radius 2 is 2.05 bits per heavy atom. The van der Waals surface area contributed by atoms with Gasteiger partial charge in [0.15, 0.2) is 0 Å². The van der Waals surface area contributed by atoms with E-state index in [2.05, 4.69) is 10.1 Å². The van der Waals surface area contributed by atoms with Gasteiger partial charge in [-0.05, 0) is 37.6 Å². The summed E-state index contributed by atoms with van der Waals surface area (Å²) < 4.78 is 19.0. The summed E-state index contributed by atoms with van der Waals surface area (Å²) in [5.41, 5.74) is 7.71. The molecule has 1 aromatic carbocycles. The van der Waals surface area contributed by atoms with Crippen LogP contribution in [-0.2, 0) is 6.54 Å². The average molecular weight is 275 g/mol. The van der Waals surface area contributed by atoms with Crippen molar-refractivity contribution in [3.63, 3.8) is 0 Å². The minimum absolute atomic E-state index is 0.200. The van der Waals surface area contributed by atoms with E-state index in [0.717, 1.165) is 18.7 Å². The first-order valence-electron chi connectivity index (χ1n) is 6.95. The number of nitrogens with zero attached hydrogens (tertiary/aromatic N) is 2. The molecule has 2 aromatic rings. The zero-order valence-electron chi connectivity index (χ0n) is 11.3. The van der Waals surface area contributed by atoms with Crippen molar-refractivity contribution >= 4 is 5.88 Å². The van der Waals surface area contributed by atoms with E-state index in [1.807, 2.05) is 12.1 Å². The molecule has 0 aliphatic carbocycles. The number of nitrogens with two attached hydrogens (primary N) is 1. The second kappa shape index (κ2) is 5.63. The van der Waals surface area contributed by atoms with E-state index in [-0.39, 0.29) is 11.7 Å². The summed E-state index contributed by atoms with van der Waals surface area (Å²) in [6.45, 7) is 2.78. The molecule has 2 heterocycles. The van der Waals surface area contributed by atoms with Gasteiger partial charge in [0.1, 0.15) is 5.82 Å². The van der Waals surface area contributed by atoms with Crippen LogP contribution in [0.2, 0.25) is 0 Å². The summed E-state index contributed by atoms with van der Waals surface area (Å²) in [4.78, 5) is 2.30. The molecule has 0 amide bonds. The van der Waals surface area contributed by atoms with Crippen molar-refractivity contribution in [1.29, 1.82) is 0 Å². The molecule has 4 nitrogen and oxygen atoms in total. The lowest BCUT2D eigenvalue weighted by molar-refractivity contribution is 0.218. The summed E-state index contributed by atoms with van der Waals surface area (Å²) in [7, 11) is 0. The van der Waals surface area contributed by atoms with Crippen LogP contribution in [-0.4, -0.2) is 23.1 Å². The minimum Gasteiger partial charge on any atom is -0.367 e. The van der Waals surface area contributed by atoms with Gasteiger partial charge in [-0.15, -0.1) is 0 Å². The lowest BCUT2D eigenvalue weighted by Crippen LogP contribution is -2.29. The first-order chi connectivity index (χ1) is 9.74. The van der Waals surface area contributed by atoms with Gasteiger partial charge in [0.2, 0.25) is 5.88 Å². The van der Waals surface area contributed by atoms with Crippen molar-refractivity contribution in [3.8, 4) is 11.1 Å². The number of rotatable bonds is 3. The fourth-order valence-electron chi connectivity index (χ4n) is 2.67. The molecular weight excluding hydrogens is 257 g/mol. The Labute approximate surface area is 117 Å². The summed E-state index contributed by atoms with van der Waals surface area (Å²) >= 11 is 0. The van der Waals surface area contributed by atoms with Crippen molar-refractivity contribution in [2.24, 2.45) is 0 Å². The van der Waals surface area contributed by atoms with Crippen molar-refractivity contribution in [1.82, 2.24) is 10.1 Å². The second-order valence-corrected chi connectivity index (χ2v) is 5.25. The molecule has 0 spiro atoms. The van der Waals surface area contributed by atoms with Crippen LogP contribution < -0.4 is 5.73 Å². The first-order valence-corrected chi connectivity index (χ1v) is 6.95. The topological polar surface area (TPSA) is 55.3 Å². The molecule has 0 unspecified atom stereocenters. The lowest BCUT2D eigenvalue weighted by atomic mass is 10.0. The van der Waals surface area contributed by atoms with Crippen LogP contribution in [0.25, 0.3) is 11.1 Å². The molecule has 1 saturated heterocycles. The van der Waals surface area contributed by atoms with Crippen molar-refractivity contribution < 1.29 is 8.91 Å². The first kappa shape index (κ1) is 13.1. The fourth-order valence-corrected chi connectivity index (χ4v) is 2.67. The molecule has 0 bridgehead atoms. The summed E-state index contributed by atoms with van der Waals surface area (Å²) in [5.74, 6) is 0.0156. The molecule has 106 valence electrons. The standard InChI is InChI=1S/C15H18FN3O/c16-14-8-11(13-9-18-20-15(13)17)4-5-12(14)10-19-6-2-1-3-7-19/h4-5,8-9H,1-3,6-7,10,17H2. The molecular formula is C15H18FN3O. The van der Waals surface area contributed by atoms with E-state index in [4.69, 9.17) is 10.3 Å². The molecule has 0 atom stereocenters. The highest BCUT2D eigenvalue weighted by Crippen LogP contribution is 2.27. The summed E-state index contributed by atoms with van der Waals surface area (Å²) in [6.07, 6.45) is 5.20. The number of aromatic nitrogens is 1. The largest absolute Gasteiger partial charge is 0.367 e. The number of likely N-dealkylation sites (tertiary alicyclic amines) is 1. The van der Waals surface area contributed by atoms with Crippen LogP contribution in [0.5, 0.6) is 0 Å². The van der Waals surface area contributed by atoms with Gasteiger partial charge in [0, 0.05) is 12.1 Å². The van der Waals surface area contributed by atoms with E-state index in [1.165, 1.54) is 31.5 Å². The summed E-state index contributed by atoms with van der Waals surface area (Å²) in [6, 6.07) is 5.19. The van der Waals surface area contributed by atoms with Gasteiger partial charge in [0.25, 0.3) is 0 Å². The Bertz CT molecular complexity index is 591. The SMILES string of the molecule is Nc1oncc1-c1ccc(CN2CCCCC2)c(F)c1. The quantitative estimate of drug-likeness (QED) is 0.935. The number of benzene rings is 1. The Balaban J connectivity index is 1.79.